The number of carbonyl (C=O) groups is 1. The third-order valence-corrected chi connectivity index (χ3v) is 4.67. The van der Waals surface area contributed by atoms with Crippen LogP contribution in [0.1, 0.15) is 15.2 Å². The van der Waals surface area contributed by atoms with Gasteiger partial charge in [0, 0.05) is 39.3 Å². The molecular formula is C13H20N6OS. The predicted octanol–water partition coefficient (Wildman–Crippen LogP) is -0.0398. The third kappa shape index (κ3) is 3.64. The molecular weight excluding hydrogens is 288 g/mol. The van der Waals surface area contributed by atoms with Crippen molar-refractivity contribution in [3.8, 4) is 6.07 Å². The fourth-order valence-corrected chi connectivity index (χ4v) is 3.24. The van der Waals surface area contributed by atoms with Gasteiger partial charge in [0.25, 0.3) is 5.91 Å². The van der Waals surface area contributed by atoms with Gasteiger partial charge in [-0.2, -0.15) is 5.26 Å². The van der Waals surface area contributed by atoms with E-state index in [0.29, 0.717) is 16.4 Å². The molecule has 0 atom stereocenters. The number of hydrogen-bond donors (Lipinski definition) is 3. The summed E-state index contributed by atoms with van der Waals surface area (Å²) in [5, 5.41) is 12.7. The molecule has 1 saturated heterocycles. The Morgan fingerprint density at radius 3 is 2.67 bits per heavy atom. The van der Waals surface area contributed by atoms with Crippen molar-refractivity contribution >= 4 is 27.9 Å². The molecule has 7 nitrogen and oxygen atoms in total. The summed E-state index contributed by atoms with van der Waals surface area (Å²) in [4.78, 5) is 16.4. The van der Waals surface area contributed by atoms with Gasteiger partial charge in [-0.15, -0.1) is 11.3 Å². The molecule has 0 unspecified atom stereocenters. The van der Waals surface area contributed by atoms with Gasteiger partial charge in [-0.25, -0.2) is 0 Å². The average molecular weight is 308 g/mol. The van der Waals surface area contributed by atoms with E-state index in [1.807, 2.05) is 6.07 Å². The quantitative estimate of drug-likeness (QED) is 0.704. The van der Waals surface area contributed by atoms with Gasteiger partial charge < -0.3 is 21.7 Å². The highest BCUT2D eigenvalue weighted by molar-refractivity contribution is 7.17. The predicted molar refractivity (Wildman–Crippen MR) is 84.4 cm³/mol. The number of likely N-dealkylation sites (N-methyl/N-ethyl adjacent to an activating group) is 1. The standard InChI is InChI=1S/C13H20N6OS/c1-18-4-6-19(7-5-18)3-2-17-13-10(12(16)20)11(15)9(8-14)21-13/h17H,2-7,15H2,1H3,(H2,16,20). The zero-order valence-electron chi connectivity index (χ0n) is 12.1. The molecule has 0 aliphatic carbocycles. The molecule has 0 radical (unpaired) electrons. The van der Waals surface area contributed by atoms with Crippen molar-refractivity contribution in [3.63, 3.8) is 0 Å². The second-order valence-electron chi connectivity index (χ2n) is 5.10. The van der Waals surface area contributed by atoms with Crippen molar-refractivity contribution in [2.75, 3.05) is 57.4 Å². The summed E-state index contributed by atoms with van der Waals surface area (Å²) in [6, 6.07) is 1.99. The Kier molecular flexibility index (Phi) is 5.01. The van der Waals surface area contributed by atoms with Gasteiger partial charge in [0.05, 0.1) is 11.3 Å². The number of amides is 1. The Balaban J connectivity index is 1.94. The maximum absolute atomic E-state index is 11.5. The number of thiophene rings is 1. The first-order valence-corrected chi connectivity index (χ1v) is 7.61. The maximum atomic E-state index is 11.5. The summed E-state index contributed by atoms with van der Waals surface area (Å²) in [7, 11) is 2.12. The number of nitrogen functional groups attached to an aromatic ring is 1. The maximum Gasteiger partial charge on any atom is 0.253 e. The van der Waals surface area contributed by atoms with Gasteiger partial charge in [-0.05, 0) is 7.05 Å². The summed E-state index contributed by atoms with van der Waals surface area (Å²) < 4.78 is 0. The van der Waals surface area contributed by atoms with Gasteiger partial charge in [-0.1, -0.05) is 0 Å². The molecule has 1 fully saturated rings. The van der Waals surface area contributed by atoms with E-state index in [1.165, 1.54) is 11.3 Å². The monoisotopic (exact) mass is 308 g/mol. The minimum Gasteiger partial charge on any atom is -0.396 e. The molecule has 0 spiro atoms. The normalized spacial score (nSPS) is 16.6. The van der Waals surface area contributed by atoms with Crippen LogP contribution in [-0.2, 0) is 0 Å². The van der Waals surface area contributed by atoms with E-state index < -0.39 is 5.91 Å². The van der Waals surface area contributed by atoms with Gasteiger partial charge in [-0.3, -0.25) is 9.69 Å². The van der Waals surface area contributed by atoms with E-state index in [2.05, 4.69) is 22.2 Å². The number of nitrogens with zero attached hydrogens (tertiary/aromatic N) is 3. The molecule has 2 rings (SSSR count). The van der Waals surface area contributed by atoms with Crippen LogP contribution in [-0.4, -0.2) is 62.0 Å². The summed E-state index contributed by atoms with van der Waals surface area (Å²) in [5.74, 6) is -0.604. The smallest absolute Gasteiger partial charge is 0.253 e. The Morgan fingerprint density at radius 1 is 1.43 bits per heavy atom. The third-order valence-electron chi connectivity index (χ3n) is 3.60. The zero-order valence-corrected chi connectivity index (χ0v) is 12.9. The summed E-state index contributed by atoms with van der Waals surface area (Å²) in [5.41, 5.74) is 11.5. The fraction of sp³-hybridized carbons (Fsp3) is 0.538. The van der Waals surface area contributed by atoms with Crippen LogP contribution in [0.3, 0.4) is 0 Å². The number of primary amides is 1. The largest absolute Gasteiger partial charge is 0.396 e. The van der Waals surface area contributed by atoms with E-state index in [1.54, 1.807) is 0 Å². The molecule has 1 aromatic rings. The van der Waals surface area contributed by atoms with Crippen LogP contribution in [0.2, 0.25) is 0 Å². The van der Waals surface area contributed by atoms with Crippen LogP contribution in [0.5, 0.6) is 0 Å². The number of nitriles is 1. The molecule has 1 amide bonds. The molecule has 5 N–H and O–H groups in total. The van der Waals surface area contributed by atoms with Crippen LogP contribution in [0.4, 0.5) is 10.7 Å². The molecule has 1 aromatic heterocycles. The Morgan fingerprint density at radius 2 is 2.10 bits per heavy atom. The van der Waals surface area contributed by atoms with Gasteiger partial charge in [0.1, 0.15) is 15.9 Å². The molecule has 114 valence electrons. The highest BCUT2D eigenvalue weighted by atomic mass is 32.1. The van der Waals surface area contributed by atoms with E-state index >= 15 is 0 Å². The van der Waals surface area contributed by atoms with Crippen molar-refractivity contribution in [2.24, 2.45) is 5.73 Å². The van der Waals surface area contributed by atoms with Crippen molar-refractivity contribution < 1.29 is 4.79 Å². The number of rotatable bonds is 5. The number of nitrogens with two attached hydrogens (primary N) is 2. The summed E-state index contributed by atoms with van der Waals surface area (Å²) >= 11 is 1.18. The molecule has 1 aliphatic heterocycles. The van der Waals surface area contributed by atoms with Crippen molar-refractivity contribution in [2.45, 2.75) is 0 Å². The van der Waals surface area contributed by atoms with Gasteiger partial charge in [0.15, 0.2) is 0 Å². The second kappa shape index (κ2) is 6.76. The molecule has 0 aromatic carbocycles. The minimum absolute atomic E-state index is 0.178. The van der Waals surface area contributed by atoms with E-state index in [0.717, 1.165) is 32.7 Å². The minimum atomic E-state index is -0.604. The van der Waals surface area contributed by atoms with Crippen molar-refractivity contribution in [1.82, 2.24) is 9.80 Å². The first-order chi connectivity index (χ1) is 10.0. The molecule has 0 bridgehead atoms. The lowest BCUT2D eigenvalue weighted by Crippen LogP contribution is -2.45. The van der Waals surface area contributed by atoms with Crippen LogP contribution in [0.25, 0.3) is 0 Å². The van der Waals surface area contributed by atoms with E-state index in [-0.39, 0.29) is 11.3 Å². The Bertz CT molecular complexity index is 556. The summed E-state index contributed by atoms with van der Waals surface area (Å²) in [6.07, 6.45) is 0. The van der Waals surface area contributed by atoms with Gasteiger partial charge >= 0.3 is 0 Å². The average Bonchev–Trinajstić information content (AvgIpc) is 2.77. The summed E-state index contributed by atoms with van der Waals surface area (Å²) in [6.45, 7) is 5.78. The second-order valence-corrected chi connectivity index (χ2v) is 6.12. The first-order valence-electron chi connectivity index (χ1n) is 6.80. The highest BCUT2D eigenvalue weighted by Gasteiger charge is 2.20. The molecule has 1 aliphatic rings. The van der Waals surface area contributed by atoms with Crippen LogP contribution >= 0.6 is 11.3 Å². The molecule has 0 saturated carbocycles. The first kappa shape index (κ1) is 15.6. The van der Waals surface area contributed by atoms with Crippen LogP contribution in [0.15, 0.2) is 0 Å². The van der Waals surface area contributed by atoms with Crippen LogP contribution < -0.4 is 16.8 Å². The zero-order chi connectivity index (χ0) is 15.4. The number of piperazine rings is 1. The number of carbonyl (C=O) groups excluding carboxylic acids is 1. The Hall–Kier alpha value is -1.82. The topological polar surface area (TPSA) is 111 Å². The lowest BCUT2D eigenvalue weighted by atomic mass is 10.2. The Labute approximate surface area is 128 Å². The number of anilines is 2. The molecule has 8 heteroatoms. The number of hydrogen-bond acceptors (Lipinski definition) is 7. The van der Waals surface area contributed by atoms with E-state index in [9.17, 15) is 4.79 Å². The lowest BCUT2D eigenvalue weighted by molar-refractivity contribution is 0.100. The van der Waals surface area contributed by atoms with Crippen molar-refractivity contribution in [1.29, 1.82) is 5.26 Å². The lowest BCUT2D eigenvalue weighted by Gasteiger charge is -2.32. The highest BCUT2D eigenvalue weighted by Crippen LogP contribution is 2.34. The van der Waals surface area contributed by atoms with Gasteiger partial charge in [0.2, 0.25) is 0 Å². The molecule has 2 heterocycles. The number of nitrogens with one attached hydrogen (secondary N) is 1. The SMILES string of the molecule is CN1CCN(CCNc2sc(C#N)c(N)c2C(N)=O)CC1. The van der Waals surface area contributed by atoms with Crippen molar-refractivity contribution in [3.05, 3.63) is 10.4 Å². The van der Waals surface area contributed by atoms with E-state index in [4.69, 9.17) is 16.7 Å². The molecule has 21 heavy (non-hydrogen) atoms. The van der Waals surface area contributed by atoms with Crippen LogP contribution in [0, 0.1) is 11.3 Å². The fourth-order valence-electron chi connectivity index (χ4n) is 2.30.